The second-order valence-corrected chi connectivity index (χ2v) is 2.37. The summed E-state index contributed by atoms with van der Waals surface area (Å²) in [5.41, 5.74) is 2.42. The van der Waals surface area contributed by atoms with Gasteiger partial charge in [0.2, 0.25) is 5.89 Å². The van der Waals surface area contributed by atoms with Crippen LogP contribution in [-0.2, 0) is 4.79 Å². The largest absolute Gasteiger partial charge is 0.443 e. The highest BCUT2D eigenvalue weighted by Crippen LogP contribution is 2.12. The van der Waals surface area contributed by atoms with E-state index in [1.807, 2.05) is 6.07 Å². The summed E-state index contributed by atoms with van der Waals surface area (Å²) in [4.78, 5) is 14.8. The molecule has 1 amide bonds. The van der Waals surface area contributed by atoms with Gasteiger partial charge in [-0.1, -0.05) is 0 Å². The maximum atomic E-state index is 11.0. The Kier molecular flexibility index (Phi) is 1.56. The Bertz CT molecular complexity index is 401. The first-order valence-electron chi connectivity index (χ1n) is 3.50. The van der Waals surface area contributed by atoms with Gasteiger partial charge in [0.15, 0.2) is 5.92 Å². The zero-order valence-electron chi connectivity index (χ0n) is 6.39. The Labute approximate surface area is 72.9 Å². The van der Waals surface area contributed by atoms with E-state index in [2.05, 4.69) is 15.5 Å². The molecular formula is C7H4N4O2. The predicted octanol–water partition coefficient (Wildman–Crippen LogP) is -0.352. The van der Waals surface area contributed by atoms with E-state index >= 15 is 0 Å². The second-order valence-electron chi connectivity index (χ2n) is 2.37. The van der Waals surface area contributed by atoms with Crippen LogP contribution in [0.25, 0.3) is 0 Å². The van der Waals surface area contributed by atoms with Gasteiger partial charge in [-0.05, 0) is 0 Å². The fourth-order valence-electron chi connectivity index (χ4n) is 1.01. The highest BCUT2D eigenvalue weighted by molar-refractivity contribution is 6.16. The number of rotatable bonds is 1. The maximum absolute atomic E-state index is 11.0. The lowest BCUT2D eigenvalue weighted by molar-refractivity contribution is -0.120. The fraction of sp³-hybridized carbons (Fsp3) is 0.143. The number of nitrogens with zero attached hydrogens (tertiary/aromatic N) is 3. The van der Waals surface area contributed by atoms with Gasteiger partial charge in [-0.15, -0.1) is 0 Å². The van der Waals surface area contributed by atoms with Gasteiger partial charge >= 0.3 is 0 Å². The van der Waals surface area contributed by atoms with E-state index in [0.717, 1.165) is 0 Å². The van der Waals surface area contributed by atoms with Gasteiger partial charge in [0, 0.05) is 0 Å². The third-order valence-corrected chi connectivity index (χ3v) is 1.60. The van der Waals surface area contributed by atoms with Crippen LogP contribution in [0.3, 0.4) is 0 Å². The van der Waals surface area contributed by atoms with E-state index in [4.69, 9.17) is 9.68 Å². The maximum Gasteiger partial charge on any atom is 0.263 e. The number of hydrazone groups is 1. The van der Waals surface area contributed by atoms with Crippen molar-refractivity contribution in [1.82, 2.24) is 10.4 Å². The smallest absolute Gasteiger partial charge is 0.263 e. The van der Waals surface area contributed by atoms with Crippen molar-refractivity contribution >= 4 is 11.6 Å². The monoisotopic (exact) mass is 176 g/mol. The number of carbonyl (C=O) groups is 1. The summed E-state index contributed by atoms with van der Waals surface area (Å²) >= 11 is 0. The molecule has 1 aliphatic heterocycles. The standard InChI is InChI=1S/C7H4N4O2/c8-3-4-5(10-11-6(4)12)7-9-1-2-13-7/h1-2,4H,(H,11,12). The van der Waals surface area contributed by atoms with Crippen LogP contribution in [0.5, 0.6) is 0 Å². The van der Waals surface area contributed by atoms with E-state index in [0.29, 0.717) is 0 Å². The zero-order chi connectivity index (χ0) is 9.26. The number of nitriles is 1. The van der Waals surface area contributed by atoms with Gasteiger partial charge in [-0.2, -0.15) is 10.4 Å². The molecule has 0 fully saturated rings. The number of oxazole rings is 1. The van der Waals surface area contributed by atoms with Gasteiger partial charge in [0.25, 0.3) is 5.91 Å². The SMILES string of the molecule is N#CC1C(=O)NN=C1c1ncco1. The van der Waals surface area contributed by atoms with Crippen LogP contribution >= 0.6 is 0 Å². The van der Waals surface area contributed by atoms with E-state index in [9.17, 15) is 4.79 Å². The Morgan fingerprint density at radius 1 is 1.69 bits per heavy atom. The van der Waals surface area contributed by atoms with Crippen LogP contribution < -0.4 is 5.43 Å². The van der Waals surface area contributed by atoms with Crippen molar-refractivity contribution in [1.29, 1.82) is 5.26 Å². The summed E-state index contributed by atoms with van der Waals surface area (Å²) < 4.78 is 4.91. The molecule has 1 atom stereocenters. The van der Waals surface area contributed by atoms with Crippen molar-refractivity contribution in [3.63, 3.8) is 0 Å². The van der Waals surface area contributed by atoms with Crippen LogP contribution in [-0.4, -0.2) is 16.6 Å². The molecule has 6 heteroatoms. The van der Waals surface area contributed by atoms with E-state index in [1.54, 1.807) is 0 Å². The molecule has 0 aliphatic carbocycles. The third kappa shape index (κ3) is 1.06. The van der Waals surface area contributed by atoms with Gasteiger partial charge in [0.1, 0.15) is 12.0 Å². The molecule has 1 N–H and O–H groups in total. The minimum absolute atomic E-state index is 0.199. The van der Waals surface area contributed by atoms with Crippen molar-refractivity contribution in [2.45, 2.75) is 0 Å². The van der Waals surface area contributed by atoms with Crippen LogP contribution in [0.2, 0.25) is 0 Å². The lowest BCUT2D eigenvalue weighted by Crippen LogP contribution is -2.22. The van der Waals surface area contributed by atoms with Gasteiger partial charge in [0.05, 0.1) is 12.3 Å². The van der Waals surface area contributed by atoms with Crippen molar-refractivity contribution in [3.8, 4) is 6.07 Å². The minimum atomic E-state index is -0.918. The number of aromatic nitrogens is 1. The van der Waals surface area contributed by atoms with Crippen LogP contribution in [0.15, 0.2) is 22.0 Å². The molecule has 0 saturated carbocycles. The summed E-state index contributed by atoms with van der Waals surface area (Å²) in [7, 11) is 0. The number of carbonyl (C=O) groups excluding carboxylic acids is 1. The summed E-state index contributed by atoms with van der Waals surface area (Å²) in [6, 6.07) is 1.81. The summed E-state index contributed by atoms with van der Waals surface area (Å²) in [6.45, 7) is 0. The summed E-state index contributed by atoms with van der Waals surface area (Å²) in [5, 5.41) is 12.3. The summed E-state index contributed by atoms with van der Waals surface area (Å²) in [6.07, 6.45) is 2.78. The van der Waals surface area contributed by atoms with Gasteiger partial charge < -0.3 is 4.42 Å². The average molecular weight is 176 g/mol. The highest BCUT2D eigenvalue weighted by Gasteiger charge is 2.33. The van der Waals surface area contributed by atoms with E-state index in [-0.39, 0.29) is 11.6 Å². The summed E-state index contributed by atoms with van der Waals surface area (Å²) in [5.74, 6) is -1.17. The average Bonchev–Trinajstić information content (AvgIpc) is 2.71. The van der Waals surface area contributed by atoms with Crippen molar-refractivity contribution in [2.24, 2.45) is 11.0 Å². The van der Waals surface area contributed by atoms with E-state index in [1.165, 1.54) is 12.5 Å². The van der Waals surface area contributed by atoms with Crippen molar-refractivity contribution < 1.29 is 9.21 Å². The van der Waals surface area contributed by atoms with Crippen molar-refractivity contribution in [3.05, 3.63) is 18.4 Å². The molecule has 0 bridgehead atoms. The van der Waals surface area contributed by atoms with Gasteiger partial charge in [-0.25, -0.2) is 10.4 Å². The Balaban J connectivity index is 2.37. The molecule has 2 rings (SSSR count). The number of hydrogen-bond acceptors (Lipinski definition) is 5. The number of amides is 1. The minimum Gasteiger partial charge on any atom is -0.443 e. The molecule has 64 valence electrons. The molecule has 2 heterocycles. The molecule has 6 nitrogen and oxygen atoms in total. The first-order chi connectivity index (χ1) is 6.33. The quantitative estimate of drug-likeness (QED) is 0.632. The molecular weight excluding hydrogens is 172 g/mol. The van der Waals surface area contributed by atoms with E-state index < -0.39 is 11.8 Å². The Hall–Kier alpha value is -2.16. The lowest BCUT2D eigenvalue weighted by atomic mass is 10.1. The third-order valence-electron chi connectivity index (χ3n) is 1.60. The molecule has 13 heavy (non-hydrogen) atoms. The molecule has 1 aromatic heterocycles. The molecule has 0 spiro atoms. The van der Waals surface area contributed by atoms with Crippen LogP contribution in [0, 0.1) is 17.2 Å². The molecule has 0 radical (unpaired) electrons. The first-order valence-corrected chi connectivity index (χ1v) is 3.50. The van der Waals surface area contributed by atoms with Gasteiger partial charge in [-0.3, -0.25) is 4.79 Å². The van der Waals surface area contributed by atoms with Crippen molar-refractivity contribution in [2.75, 3.05) is 0 Å². The molecule has 0 aromatic carbocycles. The second kappa shape index (κ2) is 2.71. The Morgan fingerprint density at radius 3 is 3.15 bits per heavy atom. The Morgan fingerprint density at radius 2 is 2.54 bits per heavy atom. The first kappa shape index (κ1) is 7.49. The number of hydrogen-bond donors (Lipinski definition) is 1. The molecule has 1 aliphatic rings. The van der Waals surface area contributed by atoms with Crippen LogP contribution in [0.4, 0.5) is 0 Å². The number of nitrogens with one attached hydrogen (secondary N) is 1. The molecule has 1 unspecified atom stereocenters. The predicted molar refractivity (Wildman–Crippen MR) is 40.3 cm³/mol. The lowest BCUT2D eigenvalue weighted by Gasteiger charge is -1.94. The fourth-order valence-corrected chi connectivity index (χ4v) is 1.01. The highest BCUT2D eigenvalue weighted by atomic mass is 16.3. The topological polar surface area (TPSA) is 91.3 Å². The molecule has 1 aromatic rings. The normalized spacial score (nSPS) is 20.7. The zero-order valence-corrected chi connectivity index (χ0v) is 6.39. The van der Waals surface area contributed by atoms with Crippen LogP contribution in [0.1, 0.15) is 5.89 Å². The molecule has 0 saturated heterocycles.